The Balaban J connectivity index is 2.57. The van der Waals surface area contributed by atoms with Crippen molar-refractivity contribution in [3.8, 4) is 0 Å². The van der Waals surface area contributed by atoms with Crippen LogP contribution in [0.3, 0.4) is 0 Å². The average Bonchev–Trinajstić information content (AvgIpc) is 2.25. The minimum Gasteiger partial charge on any atom is -0.396 e. The highest BCUT2D eigenvalue weighted by molar-refractivity contribution is 4.94. The standard InChI is InChI=1S/C9H19NO5/c10-7-5(2-1-3-11)15-6(4-12)8(13)9(7)14/h5-9,11-14H,1-4,10H2/t5-,6?,7?,8+,9?/m0/s1. The smallest absolute Gasteiger partial charge is 0.110 e. The van der Waals surface area contributed by atoms with Gasteiger partial charge in [0.1, 0.15) is 18.3 Å². The van der Waals surface area contributed by atoms with Crippen LogP contribution in [0.5, 0.6) is 0 Å². The van der Waals surface area contributed by atoms with Crippen LogP contribution in [0.25, 0.3) is 0 Å². The quantitative estimate of drug-likeness (QED) is 0.360. The fourth-order valence-corrected chi connectivity index (χ4v) is 1.77. The summed E-state index contributed by atoms with van der Waals surface area (Å²) in [4.78, 5) is 0. The lowest BCUT2D eigenvalue weighted by Gasteiger charge is -2.40. The molecule has 6 heteroatoms. The van der Waals surface area contributed by atoms with Crippen molar-refractivity contribution in [1.29, 1.82) is 0 Å². The van der Waals surface area contributed by atoms with Crippen LogP contribution in [0.15, 0.2) is 0 Å². The van der Waals surface area contributed by atoms with Gasteiger partial charge in [-0.2, -0.15) is 0 Å². The van der Waals surface area contributed by atoms with Crippen LogP contribution in [0.4, 0.5) is 0 Å². The molecule has 1 heterocycles. The van der Waals surface area contributed by atoms with E-state index in [1.165, 1.54) is 0 Å². The van der Waals surface area contributed by atoms with E-state index in [-0.39, 0.29) is 13.2 Å². The average molecular weight is 221 g/mol. The summed E-state index contributed by atoms with van der Waals surface area (Å²) in [7, 11) is 0. The maximum atomic E-state index is 9.59. The van der Waals surface area contributed by atoms with Crippen molar-refractivity contribution in [2.24, 2.45) is 5.73 Å². The monoisotopic (exact) mass is 221 g/mol. The van der Waals surface area contributed by atoms with Gasteiger partial charge in [-0.05, 0) is 12.8 Å². The van der Waals surface area contributed by atoms with Gasteiger partial charge in [0.15, 0.2) is 0 Å². The van der Waals surface area contributed by atoms with Crippen molar-refractivity contribution < 1.29 is 25.2 Å². The number of ether oxygens (including phenoxy) is 1. The van der Waals surface area contributed by atoms with Gasteiger partial charge in [0.25, 0.3) is 0 Å². The van der Waals surface area contributed by atoms with Crippen molar-refractivity contribution in [3.05, 3.63) is 0 Å². The lowest BCUT2D eigenvalue weighted by Crippen LogP contribution is -2.61. The Morgan fingerprint density at radius 2 is 1.73 bits per heavy atom. The molecule has 0 saturated carbocycles. The molecule has 0 amide bonds. The zero-order valence-electron chi connectivity index (χ0n) is 8.49. The highest BCUT2D eigenvalue weighted by atomic mass is 16.5. The van der Waals surface area contributed by atoms with Gasteiger partial charge in [-0.25, -0.2) is 0 Å². The summed E-state index contributed by atoms with van der Waals surface area (Å²) in [5.74, 6) is 0. The molecule has 0 spiro atoms. The van der Waals surface area contributed by atoms with E-state index in [2.05, 4.69) is 0 Å². The highest BCUT2D eigenvalue weighted by Crippen LogP contribution is 2.22. The Labute approximate surface area is 88.3 Å². The van der Waals surface area contributed by atoms with Crippen molar-refractivity contribution in [3.63, 3.8) is 0 Å². The zero-order chi connectivity index (χ0) is 11.4. The molecule has 3 unspecified atom stereocenters. The van der Waals surface area contributed by atoms with Gasteiger partial charge in [-0.15, -0.1) is 0 Å². The molecule has 1 saturated heterocycles. The van der Waals surface area contributed by atoms with Crippen LogP contribution in [0.2, 0.25) is 0 Å². The Morgan fingerprint density at radius 3 is 2.27 bits per heavy atom. The van der Waals surface area contributed by atoms with Crippen LogP contribution >= 0.6 is 0 Å². The molecular formula is C9H19NO5. The van der Waals surface area contributed by atoms with Crippen LogP contribution < -0.4 is 5.73 Å². The number of nitrogens with two attached hydrogens (primary N) is 1. The Kier molecular flexibility index (Phi) is 4.91. The van der Waals surface area contributed by atoms with Crippen molar-refractivity contribution in [2.75, 3.05) is 13.2 Å². The fraction of sp³-hybridized carbons (Fsp3) is 1.00. The lowest BCUT2D eigenvalue weighted by molar-refractivity contribution is -0.190. The molecular weight excluding hydrogens is 202 g/mol. The summed E-state index contributed by atoms with van der Waals surface area (Å²) < 4.78 is 5.34. The molecule has 0 radical (unpaired) electrons. The molecule has 1 aliphatic heterocycles. The molecule has 0 bridgehead atoms. The highest BCUT2D eigenvalue weighted by Gasteiger charge is 2.41. The molecule has 1 rings (SSSR count). The van der Waals surface area contributed by atoms with E-state index in [0.29, 0.717) is 12.8 Å². The summed E-state index contributed by atoms with van der Waals surface area (Å²) >= 11 is 0. The first-order valence-corrected chi connectivity index (χ1v) is 5.10. The minimum atomic E-state index is -1.16. The van der Waals surface area contributed by atoms with Crippen molar-refractivity contribution >= 4 is 0 Å². The Bertz CT molecular complexity index is 189. The maximum absolute atomic E-state index is 9.59. The molecule has 0 aromatic rings. The van der Waals surface area contributed by atoms with Gasteiger partial charge < -0.3 is 30.9 Å². The molecule has 90 valence electrons. The molecule has 0 aromatic heterocycles. The summed E-state index contributed by atoms with van der Waals surface area (Å²) in [6.45, 7) is -0.338. The fourth-order valence-electron chi connectivity index (χ4n) is 1.77. The number of hydrogen-bond acceptors (Lipinski definition) is 6. The van der Waals surface area contributed by atoms with Crippen molar-refractivity contribution in [2.45, 2.75) is 43.3 Å². The van der Waals surface area contributed by atoms with E-state index < -0.39 is 30.5 Å². The number of aliphatic hydroxyl groups is 4. The second-order valence-electron chi connectivity index (χ2n) is 3.82. The van der Waals surface area contributed by atoms with E-state index in [1.807, 2.05) is 0 Å². The Morgan fingerprint density at radius 1 is 1.07 bits per heavy atom. The van der Waals surface area contributed by atoms with Crippen LogP contribution in [0.1, 0.15) is 12.8 Å². The molecule has 15 heavy (non-hydrogen) atoms. The topological polar surface area (TPSA) is 116 Å². The number of aliphatic hydroxyl groups excluding tert-OH is 4. The molecule has 6 nitrogen and oxygen atoms in total. The van der Waals surface area contributed by atoms with Gasteiger partial charge >= 0.3 is 0 Å². The largest absolute Gasteiger partial charge is 0.396 e. The van der Waals surface area contributed by atoms with E-state index in [4.69, 9.17) is 20.7 Å². The van der Waals surface area contributed by atoms with Crippen molar-refractivity contribution in [1.82, 2.24) is 0 Å². The molecule has 6 N–H and O–H groups in total. The number of rotatable bonds is 4. The SMILES string of the molecule is NC1C(O)[C@H](O)C(CO)O[C@H]1CCCO. The molecule has 0 aromatic carbocycles. The second-order valence-corrected chi connectivity index (χ2v) is 3.82. The normalized spacial score (nSPS) is 41.8. The first-order valence-electron chi connectivity index (χ1n) is 5.10. The van der Waals surface area contributed by atoms with Crippen LogP contribution in [-0.4, -0.2) is 64.1 Å². The molecule has 1 aliphatic rings. The first-order chi connectivity index (χ1) is 7.11. The summed E-state index contributed by atoms with van der Waals surface area (Å²) in [5.41, 5.74) is 5.67. The van der Waals surface area contributed by atoms with Crippen LogP contribution in [0, 0.1) is 0 Å². The van der Waals surface area contributed by atoms with Gasteiger partial charge in [0, 0.05) is 6.61 Å². The van der Waals surface area contributed by atoms with Gasteiger partial charge in [-0.3, -0.25) is 0 Å². The summed E-state index contributed by atoms with van der Waals surface area (Å²) in [5, 5.41) is 36.7. The predicted octanol–water partition coefficient (Wildman–Crippen LogP) is -2.43. The van der Waals surface area contributed by atoms with Crippen LogP contribution in [-0.2, 0) is 4.74 Å². The minimum absolute atomic E-state index is 0.0228. The third-order valence-electron chi connectivity index (χ3n) is 2.73. The first kappa shape index (κ1) is 12.8. The van der Waals surface area contributed by atoms with E-state index in [1.54, 1.807) is 0 Å². The predicted molar refractivity (Wildman–Crippen MR) is 52.1 cm³/mol. The summed E-state index contributed by atoms with van der Waals surface area (Å²) in [6.07, 6.45) is -2.48. The zero-order valence-corrected chi connectivity index (χ0v) is 8.49. The summed E-state index contributed by atoms with van der Waals surface area (Å²) in [6, 6.07) is -0.686. The molecule has 1 fully saturated rings. The van der Waals surface area contributed by atoms with Gasteiger partial charge in [-0.1, -0.05) is 0 Å². The van der Waals surface area contributed by atoms with Gasteiger partial charge in [0.2, 0.25) is 0 Å². The third kappa shape index (κ3) is 2.87. The van der Waals surface area contributed by atoms with Gasteiger partial charge in [0.05, 0.1) is 18.8 Å². The maximum Gasteiger partial charge on any atom is 0.110 e. The lowest BCUT2D eigenvalue weighted by atomic mass is 9.91. The van der Waals surface area contributed by atoms with E-state index in [0.717, 1.165) is 0 Å². The number of hydrogen-bond donors (Lipinski definition) is 5. The van der Waals surface area contributed by atoms with E-state index >= 15 is 0 Å². The molecule has 5 atom stereocenters. The molecule has 0 aliphatic carbocycles. The Hall–Kier alpha value is -0.240. The van der Waals surface area contributed by atoms with E-state index in [9.17, 15) is 10.2 Å². The third-order valence-corrected chi connectivity index (χ3v) is 2.73. The second kappa shape index (κ2) is 5.74.